The monoisotopic (exact) mass is 281 g/mol. The second-order valence-corrected chi connectivity index (χ2v) is 4.10. The molecular formula is C14H13F2NO3. The molecule has 0 aliphatic rings. The van der Waals surface area contributed by atoms with E-state index >= 15 is 0 Å². The van der Waals surface area contributed by atoms with Crippen LogP contribution < -0.4 is 5.32 Å². The van der Waals surface area contributed by atoms with Crippen molar-refractivity contribution in [2.45, 2.75) is 25.8 Å². The number of hydrogen-bond acceptors (Lipinski definition) is 2. The van der Waals surface area contributed by atoms with Crippen molar-refractivity contribution in [3.05, 3.63) is 34.9 Å². The van der Waals surface area contributed by atoms with Gasteiger partial charge in [0, 0.05) is 0 Å². The number of carbonyl (C=O) groups is 2. The van der Waals surface area contributed by atoms with Crippen LogP contribution in [0.5, 0.6) is 0 Å². The van der Waals surface area contributed by atoms with Crippen LogP contribution in [0.25, 0.3) is 0 Å². The molecule has 1 aromatic carbocycles. The number of carbonyl (C=O) groups excluding carboxylic acids is 1. The number of nitrogens with one attached hydrogen (secondary N) is 1. The van der Waals surface area contributed by atoms with E-state index in [1.165, 1.54) is 0 Å². The van der Waals surface area contributed by atoms with Gasteiger partial charge in [-0.25, -0.2) is 13.6 Å². The molecule has 106 valence electrons. The summed E-state index contributed by atoms with van der Waals surface area (Å²) >= 11 is 0. The number of rotatable bonds is 5. The lowest BCUT2D eigenvalue weighted by Crippen LogP contribution is -2.34. The fraction of sp³-hybridized carbons (Fsp3) is 0.286. The van der Waals surface area contributed by atoms with Crippen molar-refractivity contribution in [2.24, 2.45) is 0 Å². The smallest absolute Gasteiger partial charge is 0.336 e. The lowest BCUT2D eigenvalue weighted by molar-refractivity contribution is 0.0690. The van der Waals surface area contributed by atoms with E-state index in [4.69, 9.17) is 11.5 Å². The maximum absolute atomic E-state index is 13.2. The number of hydrogen-bond donors (Lipinski definition) is 2. The maximum atomic E-state index is 13.2. The van der Waals surface area contributed by atoms with Crippen LogP contribution in [-0.4, -0.2) is 23.0 Å². The number of amides is 1. The van der Waals surface area contributed by atoms with E-state index in [1.807, 2.05) is 6.92 Å². The molecule has 0 saturated carbocycles. The summed E-state index contributed by atoms with van der Waals surface area (Å²) in [7, 11) is 0. The minimum Gasteiger partial charge on any atom is -0.478 e. The van der Waals surface area contributed by atoms with Crippen molar-refractivity contribution in [1.82, 2.24) is 5.32 Å². The number of halogens is 2. The molecule has 20 heavy (non-hydrogen) atoms. The lowest BCUT2D eigenvalue weighted by Gasteiger charge is -2.13. The largest absolute Gasteiger partial charge is 0.478 e. The molecule has 1 atom stereocenters. The van der Waals surface area contributed by atoms with Crippen LogP contribution >= 0.6 is 0 Å². The van der Waals surface area contributed by atoms with E-state index in [0.29, 0.717) is 25.0 Å². The fourth-order valence-corrected chi connectivity index (χ4v) is 1.63. The minimum atomic E-state index is -1.53. The Morgan fingerprint density at radius 2 is 1.90 bits per heavy atom. The van der Waals surface area contributed by atoms with Crippen LogP contribution in [0.3, 0.4) is 0 Å². The van der Waals surface area contributed by atoms with Gasteiger partial charge >= 0.3 is 5.97 Å². The Balaban J connectivity index is 3.12. The van der Waals surface area contributed by atoms with Crippen molar-refractivity contribution in [3.63, 3.8) is 0 Å². The number of carboxylic acid groups (broad SMARTS) is 1. The predicted octanol–water partition coefficient (Wildman–Crippen LogP) is 2.19. The SMILES string of the molecule is C#CC(CCC)NC(=O)c1cc(F)c(F)cc1C(=O)O. The second kappa shape index (κ2) is 6.66. The summed E-state index contributed by atoms with van der Waals surface area (Å²) in [5, 5.41) is 11.3. The van der Waals surface area contributed by atoms with Gasteiger partial charge in [-0.05, 0) is 18.6 Å². The Morgan fingerprint density at radius 3 is 2.35 bits per heavy atom. The highest BCUT2D eigenvalue weighted by Crippen LogP contribution is 2.16. The standard InChI is InChI=1S/C14H13F2NO3/c1-3-5-8(4-2)17-13(18)9-6-11(15)12(16)7-10(9)14(19)20/h2,6-8H,3,5H2,1H3,(H,17,18)(H,19,20). The molecule has 1 amide bonds. The number of benzene rings is 1. The summed E-state index contributed by atoms with van der Waals surface area (Å²) in [6, 6.07) is 0.424. The maximum Gasteiger partial charge on any atom is 0.336 e. The van der Waals surface area contributed by atoms with Crippen LogP contribution in [-0.2, 0) is 0 Å². The van der Waals surface area contributed by atoms with Crippen molar-refractivity contribution in [1.29, 1.82) is 0 Å². The van der Waals surface area contributed by atoms with E-state index in [0.717, 1.165) is 0 Å². The van der Waals surface area contributed by atoms with Gasteiger partial charge in [0.1, 0.15) is 0 Å². The molecule has 6 heteroatoms. The summed E-state index contributed by atoms with van der Waals surface area (Å²) < 4.78 is 26.2. The van der Waals surface area contributed by atoms with Crippen molar-refractivity contribution in [2.75, 3.05) is 0 Å². The number of terminal acetylenes is 1. The van der Waals surface area contributed by atoms with Crippen LogP contribution in [0, 0.1) is 24.0 Å². The third-order valence-electron chi connectivity index (χ3n) is 2.62. The van der Waals surface area contributed by atoms with Gasteiger partial charge in [-0.15, -0.1) is 6.42 Å². The Labute approximate surface area is 114 Å². The highest BCUT2D eigenvalue weighted by atomic mass is 19.2. The molecular weight excluding hydrogens is 268 g/mol. The van der Waals surface area contributed by atoms with E-state index < -0.39 is 40.7 Å². The van der Waals surface area contributed by atoms with Gasteiger partial charge in [0.25, 0.3) is 5.91 Å². The third kappa shape index (κ3) is 3.54. The topological polar surface area (TPSA) is 66.4 Å². The summed E-state index contributed by atoms with van der Waals surface area (Å²) in [4.78, 5) is 22.9. The quantitative estimate of drug-likeness (QED) is 0.813. The summed E-state index contributed by atoms with van der Waals surface area (Å²) in [5.74, 6) is -2.67. The normalized spacial score (nSPS) is 11.5. The van der Waals surface area contributed by atoms with Crippen molar-refractivity contribution in [3.8, 4) is 12.3 Å². The van der Waals surface area contributed by atoms with Gasteiger partial charge in [0.15, 0.2) is 11.6 Å². The minimum absolute atomic E-state index is 0.465. The Morgan fingerprint density at radius 1 is 1.35 bits per heavy atom. The summed E-state index contributed by atoms with van der Waals surface area (Å²) in [6.45, 7) is 1.86. The van der Waals surface area contributed by atoms with Crippen molar-refractivity contribution >= 4 is 11.9 Å². The summed E-state index contributed by atoms with van der Waals surface area (Å²) in [6.07, 6.45) is 6.42. The van der Waals surface area contributed by atoms with Crippen molar-refractivity contribution < 1.29 is 23.5 Å². The first-order valence-electron chi connectivity index (χ1n) is 5.90. The van der Waals surface area contributed by atoms with Crippen LogP contribution in [0.15, 0.2) is 12.1 Å². The highest BCUT2D eigenvalue weighted by molar-refractivity contribution is 6.05. The molecule has 0 heterocycles. The molecule has 0 bridgehead atoms. The van der Waals surface area contributed by atoms with Crippen LogP contribution in [0.1, 0.15) is 40.5 Å². The van der Waals surface area contributed by atoms with E-state index in [2.05, 4.69) is 11.2 Å². The average Bonchev–Trinajstić information content (AvgIpc) is 2.40. The molecule has 0 aliphatic carbocycles. The zero-order valence-electron chi connectivity index (χ0n) is 10.7. The first kappa shape index (κ1) is 15.6. The van der Waals surface area contributed by atoms with E-state index in [9.17, 15) is 18.4 Å². The third-order valence-corrected chi connectivity index (χ3v) is 2.62. The summed E-state index contributed by atoms with van der Waals surface area (Å²) in [5.41, 5.74) is -1.08. The zero-order chi connectivity index (χ0) is 15.3. The molecule has 0 radical (unpaired) electrons. The highest BCUT2D eigenvalue weighted by Gasteiger charge is 2.21. The molecule has 1 unspecified atom stereocenters. The van der Waals surface area contributed by atoms with Gasteiger partial charge in [-0.2, -0.15) is 0 Å². The zero-order valence-corrected chi connectivity index (χ0v) is 10.7. The van der Waals surface area contributed by atoms with Crippen LogP contribution in [0.4, 0.5) is 8.78 Å². The van der Waals surface area contributed by atoms with Gasteiger partial charge < -0.3 is 10.4 Å². The molecule has 1 rings (SSSR count). The van der Waals surface area contributed by atoms with Gasteiger partial charge in [-0.1, -0.05) is 19.3 Å². The van der Waals surface area contributed by atoms with E-state index in [-0.39, 0.29) is 0 Å². The Hall–Kier alpha value is -2.42. The first-order chi connectivity index (χ1) is 9.40. The molecule has 0 spiro atoms. The van der Waals surface area contributed by atoms with Gasteiger partial charge in [0.2, 0.25) is 0 Å². The van der Waals surface area contributed by atoms with E-state index in [1.54, 1.807) is 0 Å². The van der Waals surface area contributed by atoms with Crippen LogP contribution in [0.2, 0.25) is 0 Å². The number of aromatic carboxylic acids is 1. The molecule has 0 saturated heterocycles. The molecule has 0 aromatic heterocycles. The molecule has 2 N–H and O–H groups in total. The molecule has 0 aliphatic heterocycles. The Kier molecular flexibility index (Phi) is 5.21. The fourth-order valence-electron chi connectivity index (χ4n) is 1.63. The molecule has 4 nitrogen and oxygen atoms in total. The van der Waals surface area contributed by atoms with Gasteiger partial charge in [-0.3, -0.25) is 4.79 Å². The second-order valence-electron chi connectivity index (χ2n) is 4.10. The van der Waals surface area contributed by atoms with Gasteiger partial charge in [0.05, 0.1) is 17.2 Å². The lowest BCUT2D eigenvalue weighted by atomic mass is 10.1. The Bertz CT molecular complexity index is 579. The average molecular weight is 281 g/mol. The number of carboxylic acids is 1. The molecule has 1 aromatic rings. The predicted molar refractivity (Wildman–Crippen MR) is 68.3 cm³/mol. The molecule has 0 fully saturated rings. The first-order valence-corrected chi connectivity index (χ1v) is 5.90.